The zero-order valence-electron chi connectivity index (χ0n) is 19.6. The molecule has 0 amide bonds. The molecule has 2 aliphatic heterocycles. The van der Waals surface area contributed by atoms with Gasteiger partial charge in [0.2, 0.25) is 0 Å². The normalized spacial score (nSPS) is 31.8. The molecule has 1 aromatic rings. The van der Waals surface area contributed by atoms with Crippen LogP contribution in [0.15, 0.2) is 24.3 Å². The van der Waals surface area contributed by atoms with E-state index < -0.39 is 52.5 Å². The molecule has 2 aliphatic carbocycles. The second-order valence-electron chi connectivity index (χ2n) is 10.1. The van der Waals surface area contributed by atoms with Crippen molar-refractivity contribution in [1.29, 1.82) is 0 Å². The van der Waals surface area contributed by atoms with Crippen molar-refractivity contribution in [2.45, 2.75) is 38.1 Å². The number of esters is 3. The summed E-state index contributed by atoms with van der Waals surface area (Å²) in [6.45, 7) is 5.88. The summed E-state index contributed by atoms with van der Waals surface area (Å²) < 4.78 is 22.5. The lowest BCUT2D eigenvalue weighted by Crippen LogP contribution is -2.46. The number of nitro benzene ring substituents is 1. The molecule has 5 rings (SSSR count). The molecule has 6 unspecified atom stereocenters. The molecule has 0 N–H and O–H groups in total. The van der Waals surface area contributed by atoms with Gasteiger partial charge in [0.15, 0.2) is 0 Å². The minimum Gasteiger partial charge on any atom is -0.458 e. The van der Waals surface area contributed by atoms with Gasteiger partial charge in [0.1, 0.15) is 17.8 Å². The van der Waals surface area contributed by atoms with Crippen molar-refractivity contribution >= 4 is 23.6 Å². The Labute approximate surface area is 201 Å². The first kappa shape index (κ1) is 23.7. The van der Waals surface area contributed by atoms with Crippen LogP contribution in [0.4, 0.5) is 5.69 Å². The van der Waals surface area contributed by atoms with Crippen LogP contribution in [0, 0.1) is 33.8 Å². The van der Waals surface area contributed by atoms with Crippen molar-refractivity contribution in [1.82, 2.24) is 4.90 Å². The number of hydrogen-bond acceptors (Lipinski definition) is 10. The van der Waals surface area contributed by atoms with Gasteiger partial charge in [-0.3, -0.25) is 29.4 Å². The van der Waals surface area contributed by atoms with Gasteiger partial charge >= 0.3 is 17.9 Å². The van der Waals surface area contributed by atoms with Crippen LogP contribution >= 0.6 is 0 Å². The Bertz CT molecular complexity index is 1030. The lowest BCUT2D eigenvalue weighted by molar-refractivity contribution is -0.384. The van der Waals surface area contributed by atoms with Gasteiger partial charge in [-0.25, -0.2) is 0 Å². The van der Waals surface area contributed by atoms with Crippen molar-refractivity contribution in [2.75, 3.05) is 32.8 Å². The number of ether oxygens (including phenoxy) is 4. The molecular formula is C24H28N2O9. The molecule has 2 saturated carbocycles. The van der Waals surface area contributed by atoms with E-state index in [1.165, 1.54) is 12.1 Å². The van der Waals surface area contributed by atoms with E-state index in [0.717, 1.165) is 0 Å². The minimum atomic E-state index is -1.08. The van der Waals surface area contributed by atoms with Crippen LogP contribution in [0.5, 0.6) is 0 Å². The maximum Gasteiger partial charge on any atom is 0.320 e. The molecule has 6 atom stereocenters. The van der Waals surface area contributed by atoms with Gasteiger partial charge in [-0.15, -0.1) is 0 Å². The lowest BCUT2D eigenvalue weighted by Gasteiger charge is -2.34. The number of rotatable bonds is 7. The Morgan fingerprint density at radius 1 is 1.17 bits per heavy atom. The third-order valence-corrected chi connectivity index (χ3v) is 7.67. The fraction of sp³-hybridized carbons (Fsp3) is 0.625. The molecule has 4 aliphatic rings. The van der Waals surface area contributed by atoms with Crippen LogP contribution in [-0.2, 0) is 38.9 Å². The van der Waals surface area contributed by atoms with Crippen LogP contribution in [0.2, 0.25) is 0 Å². The average Bonchev–Trinajstić information content (AvgIpc) is 3.43. The number of hydrogen-bond donors (Lipinski definition) is 0. The third-order valence-electron chi connectivity index (χ3n) is 7.67. The number of carbonyl (C=O) groups excluding carboxylic acids is 3. The largest absolute Gasteiger partial charge is 0.458 e. The van der Waals surface area contributed by atoms with Gasteiger partial charge in [0.25, 0.3) is 5.69 Å². The quantitative estimate of drug-likeness (QED) is 0.240. The number of benzene rings is 1. The number of non-ortho nitro benzene ring substituents is 1. The summed E-state index contributed by atoms with van der Waals surface area (Å²) in [5.74, 6) is -3.36. The van der Waals surface area contributed by atoms with Gasteiger partial charge < -0.3 is 18.9 Å². The number of fused-ring (bicyclic) bond motifs is 1. The molecule has 4 fully saturated rings. The first-order chi connectivity index (χ1) is 16.7. The first-order valence-electron chi connectivity index (χ1n) is 11.8. The van der Waals surface area contributed by atoms with E-state index in [1.807, 2.05) is 4.90 Å². The second kappa shape index (κ2) is 8.87. The van der Waals surface area contributed by atoms with E-state index in [0.29, 0.717) is 38.3 Å². The summed E-state index contributed by atoms with van der Waals surface area (Å²) in [6, 6.07) is 5.79. The zero-order valence-corrected chi connectivity index (χ0v) is 19.6. The van der Waals surface area contributed by atoms with E-state index in [1.54, 1.807) is 26.0 Å². The predicted octanol–water partition coefficient (Wildman–Crippen LogP) is 1.42. The Morgan fingerprint density at radius 3 is 2.51 bits per heavy atom. The van der Waals surface area contributed by atoms with E-state index in [-0.39, 0.29) is 24.1 Å². The molecule has 2 bridgehead atoms. The monoisotopic (exact) mass is 488 g/mol. The van der Waals surface area contributed by atoms with Gasteiger partial charge in [-0.1, -0.05) is 0 Å². The van der Waals surface area contributed by atoms with E-state index in [2.05, 4.69) is 0 Å². The molecule has 35 heavy (non-hydrogen) atoms. The Morgan fingerprint density at radius 2 is 1.86 bits per heavy atom. The molecule has 11 heteroatoms. The molecule has 11 nitrogen and oxygen atoms in total. The number of nitro groups is 1. The molecule has 2 saturated heterocycles. The highest BCUT2D eigenvalue weighted by Gasteiger charge is 2.70. The molecular weight excluding hydrogens is 460 g/mol. The summed E-state index contributed by atoms with van der Waals surface area (Å²) in [5.41, 5.74) is -0.566. The third kappa shape index (κ3) is 4.27. The summed E-state index contributed by atoms with van der Waals surface area (Å²) >= 11 is 0. The lowest BCUT2D eigenvalue weighted by atomic mass is 9.78. The predicted molar refractivity (Wildman–Crippen MR) is 118 cm³/mol. The fourth-order valence-electron chi connectivity index (χ4n) is 5.96. The summed E-state index contributed by atoms with van der Waals surface area (Å²) in [5, 5.41) is 10.9. The SMILES string of the molecule is CC(C)(OC(=O)C1C2CC3C(OC(=O)C31)C2OC(=O)CN1CCOCC1)c1ccc([N+](=O)[O-])cc1. The zero-order chi connectivity index (χ0) is 24.9. The van der Waals surface area contributed by atoms with E-state index in [9.17, 15) is 24.5 Å². The first-order valence-corrected chi connectivity index (χ1v) is 11.8. The van der Waals surface area contributed by atoms with Gasteiger partial charge in [0.05, 0.1) is 36.5 Å². The highest BCUT2D eigenvalue weighted by Crippen LogP contribution is 2.59. The van der Waals surface area contributed by atoms with Gasteiger partial charge in [-0.05, 0) is 38.0 Å². The topological polar surface area (TPSA) is 135 Å². The standard InChI is InChI=1S/C24H28N2O9/c1-24(2,13-3-5-14(6-4-13)26(30)31)35-23(29)19-16-11-15-18(19)22(28)34-21(15)20(16)33-17(27)12-25-7-9-32-10-8-25/h3-6,15-16,18-21H,7-12H2,1-2H3. The Kier molecular flexibility index (Phi) is 6.00. The summed E-state index contributed by atoms with van der Waals surface area (Å²) in [7, 11) is 0. The minimum absolute atomic E-state index is 0.0644. The van der Waals surface area contributed by atoms with Crippen molar-refractivity contribution in [3.63, 3.8) is 0 Å². The van der Waals surface area contributed by atoms with Crippen LogP contribution in [0.25, 0.3) is 0 Å². The Balaban J connectivity index is 1.29. The second-order valence-corrected chi connectivity index (χ2v) is 10.1. The van der Waals surface area contributed by atoms with Crippen molar-refractivity contribution in [3.8, 4) is 0 Å². The van der Waals surface area contributed by atoms with Crippen LogP contribution in [-0.4, -0.2) is 72.8 Å². The molecule has 0 radical (unpaired) electrons. The number of morpholine rings is 1. The molecule has 188 valence electrons. The maximum atomic E-state index is 13.4. The van der Waals surface area contributed by atoms with Gasteiger partial charge in [-0.2, -0.15) is 0 Å². The maximum absolute atomic E-state index is 13.4. The molecule has 0 spiro atoms. The van der Waals surface area contributed by atoms with E-state index >= 15 is 0 Å². The smallest absolute Gasteiger partial charge is 0.320 e. The highest BCUT2D eigenvalue weighted by molar-refractivity contribution is 5.86. The molecule has 1 aromatic carbocycles. The fourth-order valence-corrected chi connectivity index (χ4v) is 5.96. The summed E-state index contributed by atoms with van der Waals surface area (Å²) in [6.07, 6.45) is -0.664. The number of nitrogens with zero attached hydrogens (tertiary/aromatic N) is 2. The van der Waals surface area contributed by atoms with Crippen LogP contribution < -0.4 is 0 Å². The Hall–Kier alpha value is -3.05. The highest BCUT2D eigenvalue weighted by atomic mass is 16.6. The van der Waals surface area contributed by atoms with Crippen LogP contribution in [0.3, 0.4) is 0 Å². The number of carbonyl (C=O) groups is 3. The summed E-state index contributed by atoms with van der Waals surface area (Å²) in [4.78, 5) is 51.1. The van der Waals surface area contributed by atoms with Gasteiger partial charge in [0, 0.05) is 37.1 Å². The van der Waals surface area contributed by atoms with Crippen LogP contribution in [0.1, 0.15) is 25.8 Å². The van der Waals surface area contributed by atoms with Crippen molar-refractivity contribution < 1.29 is 38.3 Å². The molecule has 0 aromatic heterocycles. The van der Waals surface area contributed by atoms with Crippen molar-refractivity contribution in [2.24, 2.45) is 23.7 Å². The molecule has 2 heterocycles. The van der Waals surface area contributed by atoms with E-state index in [4.69, 9.17) is 18.9 Å². The van der Waals surface area contributed by atoms with Crippen molar-refractivity contribution in [3.05, 3.63) is 39.9 Å². The average molecular weight is 488 g/mol.